The number of nitro groups is 1. The van der Waals surface area contributed by atoms with Crippen molar-refractivity contribution in [3.8, 4) is 0 Å². The van der Waals surface area contributed by atoms with E-state index in [0.29, 0.717) is 6.42 Å². The zero-order valence-electron chi connectivity index (χ0n) is 9.90. The van der Waals surface area contributed by atoms with Gasteiger partial charge in [0.2, 0.25) is 0 Å². The first kappa shape index (κ1) is 13.5. The van der Waals surface area contributed by atoms with E-state index in [1.807, 2.05) is 0 Å². The zero-order chi connectivity index (χ0) is 14.0. The lowest BCUT2D eigenvalue weighted by Gasteiger charge is -2.10. The number of rotatable bonds is 3. The minimum atomic E-state index is -3.05. The highest BCUT2D eigenvalue weighted by Crippen LogP contribution is 2.14. The molecule has 0 spiro atoms. The maximum absolute atomic E-state index is 11.8. The summed E-state index contributed by atoms with van der Waals surface area (Å²) in [5, 5.41) is 13.1. The summed E-state index contributed by atoms with van der Waals surface area (Å²) in [6, 6.07) is 4.78. The zero-order valence-corrected chi connectivity index (χ0v) is 10.7. The fourth-order valence-corrected chi connectivity index (χ4v) is 3.59. The number of carbonyl (C=O) groups is 1. The van der Waals surface area contributed by atoms with Crippen LogP contribution in [-0.4, -0.2) is 36.8 Å². The summed E-state index contributed by atoms with van der Waals surface area (Å²) in [4.78, 5) is 21.7. The number of hydrogen-bond acceptors (Lipinski definition) is 5. The maximum Gasteiger partial charge on any atom is 0.269 e. The van der Waals surface area contributed by atoms with E-state index in [9.17, 15) is 23.3 Å². The van der Waals surface area contributed by atoms with E-state index in [1.165, 1.54) is 24.3 Å². The van der Waals surface area contributed by atoms with Crippen molar-refractivity contribution in [3.63, 3.8) is 0 Å². The Morgan fingerprint density at radius 1 is 1.32 bits per heavy atom. The Hall–Kier alpha value is -1.96. The highest BCUT2D eigenvalue weighted by Gasteiger charge is 2.29. The summed E-state index contributed by atoms with van der Waals surface area (Å²) < 4.78 is 22.5. The number of carbonyl (C=O) groups excluding carboxylic acids is 1. The Morgan fingerprint density at radius 3 is 2.42 bits per heavy atom. The Bertz CT molecular complexity index is 608. The SMILES string of the molecule is O=C(N[C@@H]1CCS(=O)(=O)C1)c1ccc([N+](=O)[O-])cc1. The molecule has 8 heteroatoms. The Labute approximate surface area is 109 Å². The Kier molecular flexibility index (Phi) is 3.52. The molecule has 1 saturated heterocycles. The molecule has 7 nitrogen and oxygen atoms in total. The molecule has 2 rings (SSSR count). The van der Waals surface area contributed by atoms with Crippen molar-refractivity contribution in [3.05, 3.63) is 39.9 Å². The number of benzene rings is 1. The molecule has 1 amide bonds. The molecule has 102 valence electrons. The lowest BCUT2D eigenvalue weighted by Crippen LogP contribution is -2.35. The monoisotopic (exact) mass is 284 g/mol. The molecule has 0 unspecified atom stereocenters. The molecule has 1 aliphatic rings. The van der Waals surface area contributed by atoms with E-state index in [-0.39, 0.29) is 28.8 Å². The molecular weight excluding hydrogens is 272 g/mol. The standard InChI is InChI=1S/C11H12N2O5S/c14-11(12-9-5-6-19(17,18)7-9)8-1-3-10(4-2-8)13(15)16/h1-4,9H,5-7H2,(H,12,14)/t9-/m1/s1. The summed E-state index contributed by atoms with van der Waals surface area (Å²) in [6.45, 7) is 0. The van der Waals surface area contributed by atoms with E-state index in [0.717, 1.165) is 0 Å². The summed E-state index contributed by atoms with van der Waals surface area (Å²) in [7, 11) is -3.05. The number of nitro benzene ring substituents is 1. The number of non-ortho nitro benzene ring substituents is 1. The van der Waals surface area contributed by atoms with Gasteiger partial charge in [0.15, 0.2) is 9.84 Å². The first-order valence-electron chi connectivity index (χ1n) is 5.63. The Balaban J connectivity index is 2.02. The van der Waals surface area contributed by atoms with E-state index in [1.54, 1.807) is 0 Å². The maximum atomic E-state index is 11.8. The van der Waals surface area contributed by atoms with Crippen LogP contribution >= 0.6 is 0 Å². The number of hydrogen-bond donors (Lipinski definition) is 1. The van der Waals surface area contributed by atoms with Gasteiger partial charge in [-0.2, -0.15) is 0 Å². The van der Waals surface area contributed by atoms with Gasteiger partial charge < -0.3 is 5.32 Å². The number of sulfone groups is 1. The van der Waals surface area contributed by atoms with E-state index in [2.05, 4.69) is 5.32 Å². The molecule has 19 heavy (non-hydrogen) atoms. The van der Waals surface area contributed by atoms with Gasteiger partial charge in [-0.1, -0.05) is 0 Å². The van der Waals surface area contributed by atoms with Gasteiger partial charge in [-0.15, -0.1) is 0 Å². The van der Waals surface area contributed by atoms with Crippen LogP contribution < -0.4 is 5.32 Å². The lowest BCUT2D eigenvalue weighted by molar-refractivity contribution is -0.384. The summed E-state index contributed by atoms with van der Waals surface area (Å²) in [5.41, 5.74) is 0.176. The molecule has 1 atom stereocenters. The van der Waals surface area contributed by atoms with Gasteiger partial charge in [-0.3, -0.25) is 14.9 Å². The van der Waals surface area contributed by atoms with Crippen LogP contribution in [0.2, 0.25) is 0 Å². The second kappa shape index (κ2) is 4.96. The second-order valence-corrected chi connectivity index (χ2v) is 6.61. The number of nitrogens with zero attached hydrogens (tertiary/aromatic N) is 1. The van der Waals surface area contributed by atoms with Crippen molar-refractivity contribution in [1.29, 1.82) is 0 Å². The number of nitrogens with one attached hydrogen (secondary N) is 1. The quantitative estimate of drug-likeness (QED) is 0.643. The molecule has 0 aliphatic carbocycles. The first-order chi connectivity index (χ1) is 8.87. The predicted molar refractivity (Wildman–Crippen MR) is 67.6 cm³/mol. The van der Waals surface area contributed by atoms with E-state index >= 15 is 0 Å². The third kappa shape index (κ3) is 3.28. The molecule has 0 saturated carbocycles. The van der Waals surface area contributed by atoms with Crippen molar-refractivity contribution in [2.45, 2.75) is 12.5 Å². The van der Waals surface area contributed by atoms with Crippen LogP contribution in [0.1, 0.15) is 16.8 Å². The van der Waals surface area contributed by atoms with Crippen molar-refractivity contribution < 1.29 is 18.1 Å². The molecule has 0 radical (unpaired) electrons. The van der Waals surface area contributed by atoms with Crippen LogP contribution in [0.5, 0.6) is 0 Å². The third-order valence-electron chi connectivity index (χ3n) is 2.91. The average Bonchev–Trinajstić information content (AvgIpc) is 2.68. The molecule has 1 N–H and O–H groups in total. The van der Waals surface area contributed by atoms with Crippen LogP contribution in [0.3, 0.4) is 0 Å². The lowest BCUT2D eigenvalue weighted by atomic mass is 10.1. The highest BCUT2D eigenvalue weighted by atomic mass is 32.2. The third-order valence-corrected chi connectivity index (χ3v) is 4.68. The first-order valence-corrected chi connectivity index (χ1v) is 7.45. The summed E-state index contributed by atoms with van der Waals surface area (Å²) in [6.07, 6.45) is 0.404. The highest BCUT2D eigenvalue weighted by molar-refractivity contribution is 7.91. The minimum Gasteiger partial charge on any atom is -0.348 e. The van der Waals surface area contributed by atoms with Crippen molar-refractivity contribution in [2.24, 2.45) is 0 Å². The normalized spacial score (nSPS) is 20.9. The fourth-order valence-electron chi connectivity index (χ4n) is 1.91. The molecule has 1 fully saturated rings. The second-order valence-electron chi connectivity index (χ2n) is 4.38. The average molecular weight is 284 g/mol. The Morgan fingerprint density at radius 2 is 1.95 bits per heavy atom. The van der Waals surface area contributed by atoms with Crippen LogP contribution in [0.4, 0.5) is 5.69 Å². The molecular formula is C11H12N2O5S. The number of amides is 1. The minimum absolute atomic E-state index is 0.0499. The van der Waals surface area contributed by atoms with Crippen LogP contribution in [0, 0.1) is 10.1 Å². The predicted octanol–water partition coefficient (Wildman–Crippen LogP) is 0.512. The fraction of sp³-hybridized carbons (Fsp3) is 0.364. The molecule has 0 aromatic heterocycles. The van der Waals surface area contributed by atoms with Gasteiger partial charge >= 0.3 is 0 Å². The summed E-state index contributed by atoms with van der Waals surface area (Å²) in [5.74, 6) is -0.388. The van der Waals surface area contributed by atoms with Gasteiger partial charge in [-0.05, 0) is 18.6 Å². The van der Waals surface area contributed by atoms with Crippen molar-refractivity contribution in [2.75, 3.05) is 11.5 Å². The largest absolute Gasteiger partial charge is 0.348 e. The van der Waals surface area contributed by atoms with Gasteiger partial charge in [0, 0.05) is 23.7 Å². The molecule has 0 bridgehead atoms. The van der Waals surface area contributed by atoms with E-state index in [4.69, 9.17) is 0 Å². The van der Waals surface area contributed by atoms with Gasteiger partial charge in [0.05, 0.1) is 16.4 Å². The summed E-state index contributed by atoms with van der Waals surface area (Å²) >= 11 is 0. The smallest absolute Gasteiger partial charge is 0.269 e. The van der Waals surface area contributed by atoms with Crippen LogP contribution in [0.25, 0.3) is 0 Å². The molecule has 1 aliphatic heterocycles. The van der Waals surface area contributed by atoms with Gasteiger partial charge in [0.1, 0.15) is 0 Å². The van der Waals surface area contributed by atoms with Crippen molar-refractivity contribution >= 4 is 21.4 Å². The topological polar surface area (TPSA) is 106 Å². The van der Waals surface area contributed by atoms with E-state index < -0.39 is 20.7 Å². The van der Waals surface area contributed by atoms with Crippen LogP contribution in [0.15, 0.2) is 24.3 Å². The molecule has 1 aromatic rings. The van der Waals surface area contributed by atoms with Crippen molar-refractivity contribution in [1.82, 2.24) is 5.32 Å². The van der Waals surface area contributed by atoms with Gasteiger partial charge in [-0.25, -0.2) is 8.42 Å². The van der Waals surface area contributed by atoms with Gasteiger partial charge in [0.25, 0.3) is 11.6 Å². The molecule has 1 heterocycles. The van der Waals surface area contributed by atoms with Crippen LogP contribution in [-0.2, 0) is 9.84 Å². The molecule has 1 aromatic carbocycles.